The van der Waals surface area contributed by atoms with E-state index in [2.05, 4.69) is 5.32 Å². The van der Waals surface area contributed by atoms with Gasteiger partial charge in [0, 0.05) is 12.6 Å². The number of anilines is 1. The third kappa shape index (κ3) is 7.81. The minimum absolute atomic E-state index is 0.0137. The van der Waals surface area contributed by atoms with Gasteiger partial charge in [-0.3, -0.25) is 13.9 Å². The molecule has 0 radical (unpaired) electrons. The molecule has 0 aromatic heterocycles. The van der Waals surface area contributed by atoms with Crippen LogP contribution in [0, 0.1) is 5.82 Å². The summed E-state index contributed by atoms with van der Waals surface area (Å²) in [6.45, 7) is 7.07. The number of rotatable bonds is 13. The highest BCUT2D eigenvalue weighted by Crippen LogP contribution is 2.26. The minimum Gasteiger partial charge on any atom is -0.494 e. The van der Waals surface area contributed by atoms with E-state index in [1.165, 1.54) is 41.3 Å². The number of hydrogen-bond acceptors (Lipinski definition) is 5. The van der Waals surface area contributed by atoms with E-state index in [4.69, 9.17) is 4.74 Å². The molecule has 3 aromatic carbocycles. The molecule has 0 bridgehead atoms. The van der Waals surface area contributed by atoms with Crippen molar-refractivity contribution in [3.63, 3.8) is 0 Å². The summed E-state index contributed by atoms with van der Waals surface area (Å²) >= 11 is 0. The second kappa shape index (κ2) is 13.9. The van der Waals surface area contributed by atoms with Crippen LogP contribution in [0.1, 0.15) is 39.7 Å². The second-order valence-electron chi connectivity index (χ2n) is 9.39. The number of ether oxygens (including phenoxy) is 1. The molecule has 2 amide bonds. The maximum Gasteiger partial charge on any atom is 0.264 e. The average molecular weight is 570 g/mol. The molecular formula is C30H36FN3O5S. The zero-order chi connectivity index (χ0) is 29.3. The topological polar surface area (TPSA) is 96.0 Å². The van der Waals surface area contributed by atoms with Gasteiger partial charge in [0.25, 0.3) is 10.0 Å². The largest absolute Gasteiger partial charge is 0.494 e. The number of nitrogens with zero attached hydrogens (tertiary/aromatic N) is 2. The Morgan fingerprint density at radius 1 is 0.925 bits per heavy atom. The van der Waals surface area contributed by atoms with E-state index < -0.39 is 34.3 Å². The van der Waals surface area contributed by atoms with Crippen molar-refractivity contribution in [3.05, 3.63) is 90.2 Å². The summed E-state index contributed by atoms with van der Waals surface area (Å²) in [5.74, 6) is -0.865. The fourth-order valence-electron chi connectivity index (χ4n) is 3.96. The van der Waals surface area contributed by atoms with Crippen LogP contribution in [-0.4, -0.2) is 50.4 Å². The van der Waals surface area contributed by atoms with Gasteiger partial charge in [-0.1, -0.05) is 37.3 Å². The summed E-state index contributed by atoms with van der Waals surface area (Å²) in [6.07, 6.45) is 0.701. The van der Waals surface area contributed by atoms with Crippen LogP contribution in [0.2, 0.25) is 0 Å². The predicted octanol–water partition coefficient (Wildman–Crippen LogP) is 4.75. The molecule has 0 aliphatic rings. The Morgan fingerprint density at radius 3 is 2.12 bits per heavy atom. The SMILES string of the molecule is CCOc1ccc(S(=O)(=O)N(CC(=O)N(Cc2ccc(F)cc2)[C@@H](C)C(=O)N[C@@H](C)CC)c2ccccc2)cc1. The predicted molar refractivity (Wildman–Crippen MR) is 153 cm³/mol. The summed E-state index contributed by atoms with van der Waals surface area (Å²) in [5, 5.41) is 2.88. The van der Waals surface area contributed by atoms with Crippen LogP contribution in [0.5, 0.6) is 5.75 Å². The Labute approximate surface area is 235 Å². The molecule has 3 rings (SSSR count). The first kappa shape index (κ1) is 30.6. The summed E-state index contributed by atoms with van der Waals surface area (Å²) in [7, 11) is -4.18. The molecule has 0 unspecified atom stereocenters. The molecular weight excluding hydrogens is 533 g/mol. The molecule has 0 saturated carbocycles. The molecule has 1 N–H and O–H groups in total. The zero-order valence-electron chi connectivity index (χ0n) is 23.2. The van der Waals surface area contributed by atoms with E-state index in [9.17, 15) is 22.4 Å². The Balaban J connectivity index is 1.98. The van der Waals surface area contributed by atoms with Crippen LogP contribution < -0.4 is 14.4 Å². The molecule has 2 atom stereocenters. The Bertz CT molecular complexity index is 1370. The molecule has 214 valence electrons. The number of carbonyl (C=O) groups excluding carboxylic acids is 2. The minimum atomic E-state index is -4.18. The van der Waals surface area contributed by atoms with E-state index in [0.29, 0.717) is 30.0 Å². The number of hydrogen-bond donors (Lipinski definition) is 1. The molecule has 0 aliphatic carbocycles. The molecule has 0 spiro atoms. The van der Waals surface area contributed by atoms with Gasteiger partial charge in [-0.2, -0.15) is 0 Å². The third-order valence-electron chi connectivity index (χ3n) is 6.48. The Kier molecular flexibility index (Phi) is 10.7. The smallest absolute Gasteiger partial charge is 0.264 e. The molecule has 10 heteroatoms. The number of para-hydroxylation sites is 1. The molecule has 0 fully saturated rings. The van der Waals surface area contributed by atoms with Crippen LogP contribution in [0.15, 0.2) is 83.8 Å². The maximum atomic E-state index is 13.9. The molecule has 40 heavy (non-hydrogen) atoms. The first-order valence-corrected chi connectivity index (χ1v) is 14.7. The average Bonchev–Trinajstić information content (AvgIpc) is 2.95. The zero-order valence-corrected chi connectivity index (χ0v) is 24.0. The summed E-state index contributed by atoms with van der Waals surface area (Å²) in [6, 6.07) is 18.9. The van der Waals surface area contributed by atoms with Crippen LogP contribution >= 0.6 is 0 Å². The molecule has 0 saturated heterocycles. The van der Waals surface area contributed by atoms with Gasteiger partial charge < -0.3 is 15.0 Å². The summed E-state index contributed by atoms with van der Waals surface area (Å²) in [4.78, 5) is 28.2. The van der Waals surface area contributed by atoms with Crippen LogP contribution in [0.4, 0.5) is 10.1 Å². The summed E-state index contributed by atoms with van der Waals surface area (Å²) < 4.78 is 47.7. The van der Waals surface area contributed by atoms with Crippen molar-refractivity contribution < 1.29 is 27.1 Å². The summed E-state index contributed by atoms with van der Waals surface area (Å²) in [5.41, 5.74) is 0.891. The van der Waals surface area contributed by atoms with Crippen LogP contribution in [0.25, 0.3) is 0 Å². The van der Waals surface area contributed by atoms with Crippen molar-refractivity contribution in [1.29, 1.82) is 0 Å². The number of sulfonamides is 1. The van der Waals surface area contributed by atoms with Gasteiger partial charge in [0.2, 0.25) is 11.8 Å². The Morgan fingerprint density at radius 2 is 1.55 bits per heavy atom. The van der Waals surface area contributed by atoms with Crippen molar-refractivity contribution >= 4 is 27.5 Å². The highest BCUT2D eigenvalue weighted by molar-refractivity contribution is 7.92. The van der Waals surface area contributed by atoms with Gasteiger partial charge in [-0.25, -0.2) is 12.8 Å². The van der Waals surface area contributed by atoms with E-state index in [-0.39, 0.29) is 23.4 Å². The first-order chi connectivity index (χ1) is 19.1. The number of amides is 2. The van der Waals surface area contributed by atoms with E-state index in [0.717, 1.165) is 4.31 Å². The number of nitrogens with one attached hydrogen (secondary N) is 1. The highest BCUT2D eigenvalue weighted by atomic mass is 32.2. The number of benzene rings is 3. The van der Waals surface area contributed by atoms with Crippen molar-refractivity contribution in [1.82, 2.24) is 10.2 Å². The van der Waals surface area contributed by atoms with E-state index in [1.54, 1.807) is 49.4 Å². The lowest BCUT2D eigenvalue weighted by Gasteiger charge is -2.32. The van der Waals surface area contributed by atoms with Gasteiger partial charge in [0.05, 0.1) is 17.2 Å². The second-order valence-corrected chi connectivity index (χ2v) is 11.3. The van der Waals surface area contributed by atoms with Crippen molar-refractivity contribution in [2.24, 2.45) is 0 Å². The number of carbonyl (C=O) groups is 2. The van der Waals surface area contributed by atoms with Crippen LogP contribution in [0.3, 0.4) is 0 Å². The monoisotopic (exact) mass is 569 g/mol. The van der Waals surface area contributed by atoms with Gasteiger partial charge in [0.1, 0.15) is 24.2 Å². The Hall–Kier alpha value is -3.92. The molecule has 8 nitrogen and oxygen atoms in total. The van der Waals surface area contributed by atoms with Gasteiger partial charge >= 0.3 is 0 Å². The molecule has 0 aliphatic heterocycles. The van der Waals surface area contributed by atoms with Crippen molar-refractivity contribution in [2.45, 2.75) is 57.6 Å². The van der Waals surface area contributed by atoms with Crippen LogP contribution in [-0.2, 0) is 26.2 Å². The van der Waals surface area contributed by atoms with Gasteiger partial charge in [-0.15, -0.1) is 0 Å². The molecule has 0 heterocycles. The third-order valence-corrected chi connectivity index (χ3v) is 8.27. The quantitative estimate of drug-likeness (QED) is 0.321. The lowest BCUT2D eigenvalue weighted by atomic mass is 10.1. The normalized spacial score (nSPS) is 12.7. The lowest BCUT2D eigenvalue weighted by Crippen LogP contribution is -2.52. The van der Waals surface area contributed by atoms with E-state index >= 15 is 0 Å². The fourth-order valence-corrected chi connectivity index (χ4v) is 5.37. The highest BCUT2D eigenvalue weighted by Gasteiger charge is 2.32. The maximum absolute atomic E-state index is 13.9. The van der Waals surface area contributed by atoms with E-state index in [1.807, 2.05) is 20.8 Å². The van der Waals surface area contributed by atoms with Crippen molar-refractivity contribution in [2.75, 3.05) is 17.5 Å². The fraction of sp³-hybridized carbons (Fsp3) is 0.333. The van der Waals surface area contributed by atoms with Gasteiger partial charge in [-0.05, 0) is 81.3 Å². The first-order valence-electron chi connectivity index (χ1n) is 13.2. The van der Waals surface area contributed by atoms with Crippen molar-refractivity contribution in [3.8, 4) is 5.75 Å². The standard InChI is InChI=1S/C30H36FN3O5S/c1-5-22(3)32-30(36)23(4)33(20-24-12-14-25(31)15-13-24)29(35)21-34(26-10-8-7-9-11-26)40(37,38)28-18-16-27(17-19-28)39-6-2/h7-19,22-23H,5-6,20-21H2,1-4H3,(H,32,36)/t22-,23-/m0/s1. The lowest BCUT2D eigenvalue weighted by molar-refractivity contribution is -0.139. The van der Waals surface area contributed by atoms with Gasteiger partial charge in [0.15, 0.2) is 0 Å². The molecule has 3 aromatic rings. The number of halogens is 1.